The van der Waals surface area contributed by atoms with Gasteiger partial charge in [0.15, 0.2) is 0 Å². The standard InChI is InChI=1S/C42H35N2O/c1-41(2)36-21-13-14-22-37(36)43(3)42(41)26-25-33-27-35(23-24-40(33)45-42)44-38(31-17-9-5-10-18-31)28-34(30-15-7-4-8-16-30)29-39(44)32-19-11-6-12-20-32/h4-29H,1-3H3/q+1. The van der Waals surface area contributed by atoms with Crippen LogP contribution in [0.2, 0.25) is 0 Å². The SMILES string of the molecule is CN1c2ccccc2C(C)(C)C12C=Cc1cc(-[n+]3c(-c4ccccc4)cc(-c4ccccc4)cc3-c3ccccc3)ccc1O2. The van der Waals surface area contributed by atoms with Crippen LogP contribution in [0.1, 0.15) is 25.0 Å². The van der Waals surface area contributed by atoms with E-state index in [0.717, 1.165) is 39.5 Å². The van der Waals surface area contributed by atoms with Crippen LogP contribution in [0.25, 0.3) is 45.4 Å². The molecular formula is C42H35N2O+. The Morgan fingerprint density at radius 3 is 1.73 bits per heavy atom. The molecule has 1 atom stereocenters. The van der Waals surface area contributed by atoms with Crippen molar-refractivity contribution >= 4 is 11.8 Å². The summed E-state index contributed by atoms with van der Waals surface area (Å²) < 4.78 is 9.40. The van der Waals surface area contributed by atoms with E-state index in [-0.39, 0.29) is 5.41 Å². The number of rotatable bonds is 4. The predicted octanol–water partition coefficient (Wildman–Crippen LogP) is 9.49. The molecule has 3 heteroatoms. The molecule has 2 aliphatic heterocycles. The number of fused-ring (bicyclic) bond motifs is 2. The number of para-hydroxylation sites is 1. The smallest absolute Gasteiger partial charge is 0.219 e. The van der Waals surface area contributed by atoms with E-state index in [1.165, 1.54) is 22.4 Å². The Bertz CT molecular complexity index is 2010. The number of pyridine rings is 1. The minimum atomic E-state index is -0.611. The lowest BCUT2D eigenvalue weighted by Crippen LogP contribution is -2.58. The molecule has 0 aliphatic carbocycles. The molecule has 0 radical (unpaired) electrons. The summed E-state index contributed by atoms with van der Waals surface area (Å²) in [5.41, 5.74) is 10.7. The third kappa shape index (κ3) is 4.22. The second-order valence-corrected chi connectivity index (χ2v) is 12.5. The largest absolute Gasteiger partial charge is 0.463 e. The van der Waals surface area contributed by atoms with Gasteiger partial charge in [-0.2, -0.15) is 4.57 Å². The average molecular weight is 584 g/mol. The summed E-state index contributed by atoms with van der Waals surface area (Å²) in [6.07, 6.45) is 4.49. The van der Waals surface area contributed by atoms with Gasteiger partial charge in [-0.15, -0.1) is 0 Å². The first kappa shape index (κ1) is 27.2. The van der Waals surface area contributed by atoms with Crippen LogP contribution < -0.4 is 14.2 Å². The van der Waals surface area contributed by atoms with Crippen molar-refractivity contribution in [3.05, 3.63) is 163 Å². The Balaban J connectivity index is 1.31. The van der Waals surface area contributed by atoms with E-state index in [9.17, 15) is 0 Å². The van der Waals surface area contributed by atoms with Gasteiger partial charge in [0.1, 0.15) is 5.75 Å². The topological polar surface area (TPSA) is 16.4 Å². The molecule has 1 unspecified atom stereocenters. The molecule has 6 aromatic rings. The van der Waals surface area contributed by atoms with Crippen molar-refractivity contribution < 1.29 is 9.30 Å². The molecular weight excluding hydrogens is 548 g/mol. The van der Waals surface area contributed by atoms with Gasteiger partial charge in [-0.05, 0) is 79.1 Å². The number of hydrogen-bond donors (Lipinski definition) is 0. The minimum Gasteiger partial charge on any atom is -0.463 e. The highest BCUT2D eigenvalue weighted by molar-refractivity contribution is 5.76. The van der Waals surface area contributed by atoms with Crippen LogP contribution in [0.15, 0.2) is 152 Å². The van der Waals surface area contributed by atoms with Crippen molar-refractivity contribution in [2.24, 2.45) is 0 Å². The molecule has 218 valence electrons. The van der Waals surface area contributed by atoms with Crippen LogP contribution in [0.4, 0.5) is 5.69 Å². The van der Waals surface area contributed by atoms with E-state index in [1.807, 2.05) is 0 Å². The molecule has 3 nitrogen and oxygen atoms in total. The molecule has 1 spiro atoms. The average Bonchev–Trinajstić information content (AvgIpc) is 3.26. The van der Waals surface area contributed by atoms with E-state index >= 15 is 0 Å². The van der Waals surface area contributed by atoms with Gasteiger partial charge in [0.2, 0.25) is 22.8 Å². The first-order chi connectivity index (χ1) is 22.0. The number of anilines is 1. The van der Waals surface area contributed by atoms with Gasteiger partial charge in [-0.25, -0.2) is 0 Å². The second-order valence-electron chi connectivity index (χ2n) is 12.5. The van der Waals surface area contributed by atoms with Crippen LogP contribution in [0.3, 0.4) is 0 Å². The van der Waals surface area contributed by atoms with Crippen molar-refractivity contribution in [1.29, 1.82) is 0 Å². The normalized spacial score (nSPS) is 17.5. The lowest BCUT2D eigenvalue weighted by Gasteiger charge is -2.45. The molecule has 8 rings (SSSR count). The summed E-state index contributed by atoms with van der Waals surface area (Å²) in [4.78, 5) is 2.29. The second kappa shape index (κ2) is 10.3. The van der Waals surface area contributed by atoms with Gasteiger partial charge >= 0.3 is 0 Å². The van der Waals surface area contributed by atoms with Gasteiger partial charge in [0.25, 0.3) is 0 Å². The molecule has 0 saturated heterocycles. The number of benzene rings is 5. The quantitative estimate of drug-likeness (QED) is 0.192. The lowest BCUT2D eigenvalue weighted by molar-refractivity contribution is -0.572. The highest BCUT2D eigenvalue weighted by atomic mass is 16.5. The first-order valence-electron chi connectivity index (χ1n) is 15.6. The van der Waals surface area contributed by atoms with Crippen LogP contribution in [-0.2, 0) is 5.41 Å². The molecule has 3 heterocycles. The van der Waals surface area contributed by atoms with Crippen molar-refractivity contribution in [2.75, 3.05) is 11.9 Å². The fraction of sp³-hybridized carbons (Fsp3) is 0.119. The maximum atomic E-state index is 7.02. The number of hydrogen-bond acceptors (Lipinski definition) is 2. The van der Waals surface area contributed by atoms with Crippen molar-refractivity contribution in [3.63, 3.8) is 0 Å². The lowest BCUT2D eigenvalue weighted by atomic mass is 9.76. The number of nitrogens with zero attached hydrogens (tertiary/aromatic N) is 2. The Hall–Kier alpha value is -5.41. The Morgan fingerprint density at radius 1 is 0.578 bits per heavy atom. The molecule has 2 aliphatic rings. The van der Waals surface area contributed by atoms with Gasteiger partial charge in [0, 0.05) is 53.7 Å². The Morgan fingerprint density at radius 2 is 1.13 bits per heavy atom. The summed E-state index contributed by atoms with van der Waals surface area (Å²) in [5.74, 6) is 0.887. The molecule has 1 aromatic heterocycles. The van der Waals surface area contributed by atoms with E-state index in [0.29, 0.717) is 0 Å². The molecule has 0 amide bonds. The molecule has 0 bridgehead atoms. The molecule has 0 N–H and O–H groups in total. The zero-order chi connectivity index (χ0) is 30.6. The third-order valence-electron chi connectivity index (χ3n) is 9.65. The maximum absolute atomic E-state index is 7.02. The van der Waals surface area contributed by atoms with Gasteiger partial charge in [-0.1, -0.05) is 84.9 Å². The van der Waals surface area contributed by atoms with Crippen LogP contribution >= 0.6 is 0 Å². The molecule has 0 fully saturated rings. The van der Waals surface area contributed by atoms with Gasteiger partial charge in [-0.3, -0.25) is 0 Å². The minimum absolute atomic E-state index is 0.242. The zero-order valence-electron chi connectivity index (χ0n) is 25.8. The van der Waals surface area contributed by atoms with E-state index in [2.05, 4.69) is 188 Å². The Kier molecular flexibility index (Phi) is 6.25. The van der Waals surface area contributed by atoms with Gasteiger partial charge < -0.3 is 9.64 Å². The van der Waals surface area contributed by atoms with E-state index in [4.69, 9.17) is 4.74 Å². The van der Waals surface area contributed by atoms with Crippen molar-refractivity contribution in [2.45, 2.75) is 25.0 Å². The summed E-state index contributed by atoms with van der Waals surface area (Å²) in [6.45, 7) is 4.56. The maximum Gasteiger partial charge on any atom is 0.219 e. The monoisotopic (exact) mass is 583 g/mol. The van der Waals surface area contributed by atoms with Crippen molar-refractivity contribution in [1.82, 2.24) is 0 Å². The van der Waals surface area contributed by atoms with Crippen LogP contribution in [0.5, 0.6) is 5.75 Å². The van der Waals surface area contributed by atoms with Crippen LogP contribution in [-0.4, -0.2) is 12.8 Å². The number of likely N-dealkylation sites (N-methyl/N-ethyl adjacent to an activating group) is 1. The molecule has 0 saturated carbocycles. The summed E-state index contributed by atoms with van der Waals surface area (Å²) in [6, 6.07) is 51.8. The third-order valence-corrected chi connectivity index (χ3v) is 9.65. The molecule has 45 heavy (non-hydrogen) atoms. The zero-order valence-corrected chi connectivity index (χ0v) is 25.8. The summed E-state index contributed by atoms with van der Waals surface area (Å²) in [5, 5.41) is 0. The summed E-state index contributed by atoms with van der Waals surface area (Å²) >= 11 is 0. The van der Waals surface area contributed by atoms with Crippen molar-refractivity contribution in [3.8, 4) is 45.1 Å². The Labute approximate surface area is 265 Å². The summed E-state index contributed by atoms with van der Waals surface area (Å²) in [7, 11) is 2.14. The number of ether oxygens (including phenoxy) is 1. The fourth-order valence-electron chi connectivity index (χ4n) is 7.22. The van der Waals surface area contributed by atoms with E-state index < -0.39 is 5.72 Å². The predicted molar refractivity (Wildman–Crippen MR) is 185 cm³/mol. The first-order valence-corrected chi connectivity index (χ1v) is 15.6. The fourth-order valence-corrected chi connectivity index (χ4v) is 7.22. The highest BCUT2D eigenvalue weighted by Crippen LogP contribution is 2.54. The van der Waals surface area contributed by atoms with E-state index in [1.54, 1.807) is 0 Å². The van der Waals surface area contributed by atoms with Gasteiger partial charge in [0.05, 0.1) is 5.41 Å². The van der Waals surface area contributed by atoms with Crippen LogP contribution in [0, 0.1) is 0 Å². The molecule has 5 aromatic carbocycles. The highest BCUT2D eigenvalue weighted by Gasteiger charge is 2.57. The number of aromatic nitrogens is 1.